The Labute approximate surface area is 173 Å². The molecule has 140 valence electrons. The summed E-state index contributed by atoms with van der Waals surface area (Å²) in [4.78, 5) is 5.78. The molecule has 0 aromatic heterocycles. The molecule has 2 aromatic carbocycles. The van der Waals surface area contributed by atoms with E-state index in [0.717, 1.165) is 27.9 Å². The molecule has 4 nitrogen and oxygen atoms in total. The van der Waals surface area contributed by atoms with Crippen molar-refractivity contribution in [2.75, 3.05) is 0 Å². The van der Waals surface area contributed by atoms with Gasteiger partial charge in [0.2, 0.25) is 0 Å². The van der Waals surface area contributed by atoms with Crippen molar-refractivity contribution in [3.8, 4) is 0 Å². The molecular weight excluding hydrogens is 407 g/mol. The maximum atomic E-state index is 10.1. The normalized spacial score (nSPS) is 23.2. The molecule has 2 aliphatic heterocycles. The number of rotatable bonds is 2. The minimum atomic E-state index is -0.908. The Morgan fingerprint density at radius 1 is 1.07 bits per heavy atom. The third kappa shape index (κ3) is 3.16. The average molecular weight is 425 g/mol. The number of fused-ring (bicyclic) bond motifs is 1. The predicted molar refractivity (Wildman–Crippen MR) is 109 cm³/mol. The predicted octanol–water partition coefficient (Wildman–Crippen LogP) is 4.64. The van der Waals surface area contributed by atoms with Gasteiger partial charge in [-0.15, -0.1) is 0 Å². The smallest absolute Gasteiger partial charge is 0.423 e. The van der Waals surface area contributed by atoms with Crippen LogP contribution in [0.3, 0.4) is 0 Å². The van der Waals surface area contributed by atoms with Crippen molar-refractivity contribution in [1.29, 1.82) is 0 Å². The minimum Gasteiger partial charge on any atom is -0.423 e. The first-order valence-corrected chi connectivity index (χ1v) is 9.65. The van der Waals surface area contributed by atoms with E-state index in [1.165, 1.54) is 0 Å². The maximum absolute atomic E-state index is 10.1. The van der Waals surface area contributed by atoms with Crippen LogP contribution < -0.4 is 5.46 Å². The summed E-state index contributed by atoms with van der Waals surface area (Å²) >= 11 is 18.4. The lowest BCUT2D eigenvalue weighted by atomic mass is 9.77. The van der Waals surface area contributed by atoms with Gasteiger partial charge < -0.3 is 14.5 Å². The lowest BCUT2D eigenvalue weighted by molar-refractivity contribution is -0.00737. The Hall–Kier alpha value is -1.24. The number of nitrogens with zero attached hydrogens (tertiary/aromatic N) is 1. The fourth-order valence-electron chi connectivity index (χ4n) is 3.59. The molecule has 0 spiro atoms. The Balaban J connectivity index is 1.66. The van der Waals surface area contributed by atoms with Crippen molar-refractivity contribution in [3.63, 3.8) is 0 Å². The Morgan fingerprint density at radius 2 is 1.74 bits per heavy atom. The van der Waals surface area contributed by atoms with Gasteiger partial charge in [0.1, 0.15) is 0 Å². The molecule has 0 fully saturated rings. The van der Waals surface area contributed by atoms with Gasteiger partial charge in [-0.05, 0) is 55.6 Å². The molecular formula is C19H17BCl3NO3. The first-order chi connectivity index (χ1) is 12.6. The molecule has 2 aromatic rings. The third-order valence-electron chi connectivity index (χ3n) is 5.16. The lowest BCUT2D eigenvalue weighted by Crippen LogP contribution is -2.28. The van der Waals surface area contributed by atoms with Crippen molar-refractivity contribution >= 4 is 53.1 Å². The largest absolute Gasteiger partial charge is 0.492 e. The standard InChI is InChI=1S/C19H17BCl3NO3/c1-18(2)12-6-10(4-5-13(12)20(25)26-18)16-9-19(3,27-24-16)11-7-14(21)17(23)15(22)8-11/h4-8,25H,9H2,1-3H3. The van der Waals surface area contributed by atoms with E-state index in [4.69, 9.17) is 44.3 Å². The van der Waals surface area contributed by atoms with Gasteiger partial charge in [-0.1, -0.05) is 52.1 Å². The van der Waals surface area contributed by atoms with Gasteiger partial charge in [0.25, 0.3) is 0 Å². The van der Waals surface area contributed by atoms with E-state index in [1.807, 2.05) is 39.0 Å². The summed E-state index contributed by atoms with van der Waals surface area (Å²) < 4.78 is 5.63. The topological polar surface area (TPSA) is 51.0 Å². The summed E-state index contributed by atoms with van der Waals surface area (Å²) in [6.45, 7) is 5.80. The number of oxime groups is 1. The van der Waals surface area contributed by atoms with Crippen LogP contribution >= 0.6 is 34.8 Å². The van der Waals surface area contributed by atoms with E-state index in [2.05, 4.69) is 5.16 Å². The molecule has 8 heteroatoms. The van der Waals surface area contributed by atoms with Gasteiger partial charge in [-0.2, -0.15) is 0 Å². The molecule has 0 radical (unpaired) electrons. The van der Waals surface area contributed by atoms with Crippen molar-refractivity contribution in [2.45, 2.75) is 38.4 Å². The molecule has 1 atom stereocenters. The summed E-state index contributed by atoms with van der Waals surface area (Å²) in [5.74, 6) is 0. The summed E-state index contributed by atoms with van der Waals surface area (Å²) in [5, 5.41) is 15.4. The highest BCUT2D eigenvalue weighted by molar-refractivity contribution is 6.62. The molecule has 0 amide bonds. The van der Waals surface area contributed by atoms with E-state index in [0.29, 0.717) is 21.5 Å². The molecule has 0 bridgehead atoms. The molecule has 1 unspecified atom stereocenters. The minimum absolute atomic E-state index is 0.323. The summed E-state index contributed by atoms with van der Waals surface area (Å²) in [6, 6.07) is 9.30. The van der Waals surface area contributed by atoms with Crippen LogP contribution in [0, 0.1) is 0 Å². The maximum Gasteiger partial charge on any atom is 0.492 e. The van der Waals surface area contributed by atoms with E-state index < -0.39 is 18.3 Å². The first-order valence-electron chi connectivity index (χ1n) is 8.51. The van der Waals surface area contributed by atoms with Crippen molar-refractivity contribution in [2.24, 2.45) is 5.16 Å². The van der Waals surface area contributed by atoms with Crippen LogP contribution in [0.15, 0.2) is 35.5 Å². The summed E-state index contributed by atoms with van der Waals surface area (Å²) in [5.41, 5.74) is 3.00. The Morgan fingerprint density at radius 3 is 2.41 bits per heavy atom. The fraction of sp³-hybridized carbons (Fsp3) is 0.316. The summed E-state index contributed by atoms with van der Waals surface area (Å²) in [6.07, 6.45) is 0.546. The van der Waals surface area contributed by atoms with Crippen LogP contribution in [0.5, 0.6) is 0 Å². The molecule has 0 aliphatic carbocycles. The van der Waals surface area contributed by atoms with Crippen molar-refractivity contribution in [3.05, 3.63) is 62.1 Å². The van der Waals surface area contributed by atoms with Crippen LogP contribution in [0.2, 0.25) is 15.1 Å². The molecule has 0 saturated heterocycles. The quantitative estimate of drug-likeness (QED) is 0.565. The molecule has 27 heavy (non-hydrogen) atoms. The van der Waals surface area contributed by atoms with Crippen LogP contribution in [0.1, 0.15) is 43.9 Å². The van der Waals surface area contributed by atoms with Gasteiger partial charge in [0.15, 0.2) is 5.60 Å². The number of benzene rings is 2. The molecule has 2 aliphatic rings. The van der Waals surface area contributed by atoms with Crippen LogP contribution in [0.4, 0.5) is 0 Å². The van der Waals surface area contributed by atoms with Gasteiger partial charge in [0, 0.05) is 12.0 Å². The highest BCUT2D eigenvalue weighted by Gasteiger charge is 2.42. The Kier molecular flexibility index (Phi) is 4.52. The van der Waals surface area contributed by atoms with Crippen LogP contribution in [-0.2, 0) is 20.7 Å². The lowest BCUT2D eigenvalue weighted by Gasteiger charge is -2.23. The van der Waals surface area contributed by atoms with Gasteiger partial charge in [-0.25, -0.2) is 0 Å². The second-order valence-electron chi connectivity index (χ2n) is 7.57. The summed E-state index contributed by atoms with van der Waals surface area (Å²) in [7, 11) is -0.908. The van der Waals surface area contributed by atoms with Gasteiger partial charge >= 0.3 is 7.12 Å². The monoisotopic (exact) mass is 423 g/mol. The number of halogens is 3. The van der Waals surface area contributed by atoms with Crippen molar-refractivity contribution < 1.29 is 14.5 Å². The molecule has 1 N–H and O–H groups in total. The van der Waals surface area contributed by atoms with E-state index in [1.54, 1.807) is 12.1 Å². The molecule has 4 rings (SSSR count). The number of hydrogen-bond donors (Lipinski definition) is 1. The molecule has 0 saturated carbocycles. The first kappa shape index (κ1) is 19.1. The van der Waals surface area contributed by atoms with E-state index >= 15 is 0 Å². The SMILES string of the molecule is CC1(C)OB(O)c2ccc(C3=NOC(C)(c4cc(Cl)c(Cl)c(Cl)c4)C3)cc21. The fourth-order valence-corrected chi connectivity index (χ4v) is 4.19. The van der Waals surface area contributed by atoms with Crippen LogP contribution in [0.25, 0.3) is 0 Å². The second-order valence-corrected chi connectivity index (χ2v) is 8.77. The zero-order chi connectivity index (χ0) is 19.6. The van der Waals surface area contributed by atoms with E-state index in [-0.39, 0.29) is 0 Å². The zero-order valence-corrected chi connectivity index (χ0v) is 17.3. The van der Waals surface area contributed by atoms with Gasteiger partial charge in [-0.3, -0.25) is 0 Å². The zero-order valence-electron chi connectivity index (χ0n) is 15.0. The second kappa shape index (κ2) is 6.40. The van der Waals surface area contributed by atoms with Gasteiger partial charge in [0.05, 0.1) is 26.4 Å². The average Bonchev–Trinajstić information content (AvgIpc) is 3.11. The molecule has 2 heterocycles. The number of hydrogen-bond acceptors (Lipinski definition) is 4. The third-order valence-corrected chi connectivity index (χ3v) is 6.36. The van der Waals surface area contributed by atoms with E-state index in [9.17, 15) is 5.02 Å². The van der Waals surface area contributed by atoms with Crippen LogP contribution in [-0.4, -0.2) is 17.9 Å². The van der Waals surface area contributed by atoms with Crippen molar-refractivity contribution in [1.82, 2.24) is 0 Å². The highest BCUT2D eigenvalue weighted by Crippen LogP contribution is 2.41. The Bertz CT molecular complexity index is 956. The highest BCUT2D eigenvalue weighted by atomic mass is 35.5.